The highest BCUT2D eigenvalue weighted by atomic mass is 19.1. The van der Waals surface area contributed by atoms with Crippen LogP contribution in [0, 0.1) is 17.1 Å². The number of pyridine rings is 1. The Bertz CT molecular complexity index is 1620. The lowest BCUT2D eigenvalue weighted by Crippen LogP contribution is -2.47. The van der Waals surface area contributed by atoms with E-state index in [9.17, 15) is 9.59 Å². The molecule has 242 valence electrons. The normalized spacial score (nSPS) is 16.6. The number of methoxy groups -OCH3 is 1. The van der Waals surface area contributed by atoms with Crippen molar-refractivity contribution < 1.29 is 28.2 Å². The van der Waals surface area contributed by atoms with E-state index in [1.807, 2.05) is 60.7 Å². The molecule has 3 atom stereocenters. The smallest absolute Gasteiger partial charge is 0.407 e. The molecule has 9 nitrogen and oxygen atoms in total. The molecule has 1 fully saturated rings. The number of hydrogen-bond donors (Lipinski definition) is 2. The Morgan fingerprint density at radius 3 is 2.30 bits per heavy atom. The number of ketones is 1. The van der Waals surface area contributed by atoms with Crippen LogP contribution in [0.4, 0.5) is 9.18 Å². The predicted octanol–water partition coefficient (Wildman–Crippen LogP) is 5.13. The Hall–Kier alpha value is -5.11. The third-order valence-corrected chi connectivity index (χ3v) is 8.18. The van der Waals surface area contributed by atoms with E-state index >= 15 is 4.39 Å². The van der Waals surface area contributed by atoms with Gasteiger partial charge < -0.3 is 24.8 Å². The summed E-state index contributed by atoms with van der Waals surface area (Å²) in [7, 11) is 1.25. The fourth-order valence-electron chi connectivity index (χ4n) is 5.83. The van der Waals surface area contributed by atoms with Gasteiger partial charge in [0, 0.05) is 31.6 Å². The lowest BCUT2D eigenvalue weighted by atomic mass is 9.81. The maximum Gasteiger partial charge on any atom is 0.407 e. The number of ether oxygens (including phenoxy) is 3. The largest absolute Gasteiger partial charge is 0.491 e. The van der Waals surface area contributed by atoms with Crippen molar-refractivity contribution in [3.8, 4) is 11.8 Å². The number of halogens is 1. The van der Waals surface area contributed by atoms with Crippen LogP contribution in [0.2, 0.25) is 0 Å². The second-order valence-electron chi connectivity index (χ2n) is 11.3. The van der Waals surface area contributed by atoms with E-state index in [-0.39, 0.29) is 24.4 Å². The number of alkyl carbamates (subject to hydrolysis) is 1. The first-order chi connectivity index (χ1) is 22.9. The third kappa shape index (κ3) is 9.00. The summed E-state index contributed by atoms with van der Waals surface area (Å²) in [4.78, 5) is 30.7. The molecule has 1 aliphatic rings. The molecule has 0 radical (unpaired) electrons. The van der Waals surface area contributed by atoms with E-state index in [0.717, 1.165) is 17.3 Å². The first-order valence-electron chi connectivity index (χ1n) is 15.5. The van der Waals surface area contributed by atoms with Crippen molar-refractivity contribution in [2.45, 2.75) is 43.4 Å². The van der Waals surface area contributed by atoms with Crippen LogP contribution in [-0.2, 0) is 27.1 Å². The monoisotopic (exact) mass is 636 g/mol. The summed E-state index contributed by atoms with van der Waals surface area (Å²) in [5.74, 6) is -0.680. The Morgan fingerprint density at radius 2 is 1.66 bits per heavy atom. The average Bonchev–Trinajstić information content (AvgIpc) is 3.11. The summed E-state index contributed by atoms with van der Waals surface area (Å²) < 4.78 is 32.3. The maximum atomic E-state index is 15.3. The number of rotatable bonds is 13. The summed E-state index contributed by atoms with van der Waals surface area (Å²) in [5.41, 5.74) is 3.08. The molecule has 2 N–H and O–H groups in total. The van der Waals surface area contributed by atoms with Crippen molar-refractivity contribution in [1.29, 1.82) is 5.26 Å². The summed E-state index contributed by atoms with van der Waals surface area (Å²) in [6.45, 7) is 1.52. The molecule has 0 bridgehead atoms. The minimum absolute atomic E-state index is 0.143. The number of carbonyl (C=O) groups excluding carboxylic acids is 2. The fraction of sp³-hybridized carbons (Fsp3) is 0.297. The Balaban J connectivity index is 1.29. The highest BCUT2D eigenvalue weighted by Crippen LogP contribution is 2.30. The van der Waals surface area contributed by atoms with Gasteiger partial charge in [-0.1, -0.05) is 60.7 Å². The molecule has 10 heteroatoms. The van der Waals surface area contributed by atoms with Crippen LogP contribution >= 0.6 is 0 Å². The van der Waals surface area contributed by atoms with E-state index in [1.165, 1.54) is 13.3 Å². The average molecular weight is 637 g/mol. The van der Waals surface area contributed by atoms with Gasteiger partial charge in [0.25, 0.3) is 0 Å². The Morgan fingerprint density at radius 1 is 1.00 bits per heavy atom. The van der Waals surface area contributed by atoms with Crippen LogP contribution in [0.5, 0.6) is 5.75 Å². The number of hydrogen-bond acceptors (Lipinski definition) is 8. The van der Waals surface area contributed by atoms with Crippen LogP contribution in [-0.4, -0.2) is 61.9 Å². The lowest BCUT2D eigenvalue weighted by molar-refractivity contribution is -0.120. The number of nitrogens with one attached hydrogen (secondary N) is 2. The molecule has 0 spiro atoms. The first-order valence-corrected chi connectivity index (χ1v) is 15.5. The molecule has 0 unspecified atom stereocenters. The highest BCUT2D eigenvalue weighted by molar-refractivity contribution is 5.90. The molecule has 4 aromatic rings. The van der Waals surface area contributed by atoms with Gasteiger partial charge in [0.05, 0.1) is 31.0 Å². The van der Waals surface area contributed by atoms with E-state index in [1.54, 1.807) is 24.3 Å². The Labute approximate surface area is 273 Å². The second-order valence-corrected chi connectivity index (χ2v) is 11.3. The van der Waals surface area contributed by atoms with Gasteiger partial charge in [-0.25, -0.2) is 9.18 Å². The van der Waals surface area contributed by atoms with E-state index in [2.05, 4.69) is 21.7 Å². The number of nitriles is 1. The second kappa shape index (κ2) is 16.5. The molecule has 5 rings (SSSR count). The summed E-state index contributed by atoms with van der Waals surface area (Å²) in [6.07, 6.45) is 2.19. The SMILES string of the molecule is COC(=O)N[C@H](C(=O)Cc1cncc(F)c1CC[C@@H]1CNC[C@@H](COc2ccc(C#N)cc2)O1)C(c1ccccc1)c1ccccc1. The van der Waals surface area contributed by atoms with Gasteiger partial charge in [0.2, 0.25) is 0 Å². The zero-order chi connectivity index (χ0) is 33.0. The number of benzene rings is 3. The van der Waals surface area contributed by atoms with E-state index in [0.29, 0.717) is 55.0 Å². The number of carbonyl (C=O) groups is 2. The molecule has 0 aliphatic carbocycles. The molecule has 0 saturated carbocycles. The zero-order valence-electron chi connectivity index (χ0n) is 26.1. The van der Waals surface area contributed by atoms with Crippen molar-refractivity contribution in [2.24, 2.45) is 0 Å². The van der Waals surface area contributed by atoms with E-state index in [4.69, 9.17) is 19.5 Å². The van der Waals surface area contributed by atoms with Crippen LogP contribution in [0.3, 0.4) is 0 Å². The molecular formula is C37H37FN4O5. The quantitative estimate of drug-likeness (QED) is 0.207. The molecule has 1 aromatic heterocycles. The standard InChI is InChI=1S/C37H37FN4O5/c1-45-37(44)42-36(35(26-8-4-2-5-9-26)27-10-6-3-7-11-27)34(43)18-28-20-40-23-33(38)32(28)17-16-30-21-41-22-31(47-30)24-46-29-14-12-25(19-39)13-15-29/h2-15,20,23,30-31,35-36,41H,16-18,21-22,24H2,1H3,(H,42,44)/t30-,31+,36-/m1/s1. The number of nitrogens with zero attached hydrogens (tertiary/aromatic N) is 2. The summed E-state index contributed by atoms with van der Waals surface area (Å²) >= 11 is 0. The predicted molar refractivity (Wildman–Crippen MR) is 173 cm³/mol. The molecule has 47 heavy (non-hydrogen) atoms. The van der Waals surface area contributed by atoms with Gasteiger partial charge in [0.1, 0.15) is 30.3 Å². The number of Topliss-reactive ketones (excluding diaryl/α,β-unsaturated/α-hetero) is 1. The molecule has 1 aliphatic heterocycles. The fourth-order valence-corrected chi connectivity index (χ4v) is 5.83. The van der Waals surface area contributed by atoms with Gasteiger partial charge in [0.15, 0.2) is 5.78 Å². The Kier molecular flexibility index (Phi) is 11.6. The molecule has 1 amide bonds. The molecule has 2 heterocycles. The third-order valence-electron chi connectivity index (χ3n) is 8.18. The first kappa shape index (κ1) is 33.3. The van der Waals surface area contributed by atoms with Gasteiger partial charge in [-0.15, -0.1) is 0 Å². The minimum Gasteiger partial charge on any atom is -0.491 e. The lowest BCUT2D eigenvalue weighted by Gasteiger charge is -2.31. The summed E-state index contributed by atoms with van der Waals surface area (Å²) in [6, 6.07) is 26.9. The van der Waals surface area contributed by atoms with Crippen LogP contribution in [0.1, 0.15) is 40.2 Å². The molecule has 3 aromatic carbocycles. The van der Waals surface area contributed by atoms with Crippen molar-refractivity contribution in [2.75, 3.05) is 26.8 Å². The van der Waals surface area contributed by atoms with Crippen LogP contribution < -0.4 is 15.4 Å². The highest BCUT2D eigenvalue weighted by Gasteiger charge is 2.33. The molecular weight excluding hydrogens is 599 g/mol. The van der Waals surface area contributed by atoms with E-state index < -0.39 is 23.9 Å². The van der Waals surface area contributed by atoms with Gasteiger partial charge in [-0.2, -0.15) is 5.26 Å². The van der Waals surface area contributed by atoms with Crippen LogP contribution in [0.15, 0.2) is 97.3 Å². The number of morpholine rings is 1. The topological polar surface area (TPSA) is 123 Å². The summed E-state index contributed by atoms with van der Waals surface area (Å²) in [5, 5.41) is 15.1. The molecule has 1 saturated heterocycles. The van der Waals surface area contributed by atoms with Gasteiger partial charge in [-0.3, -0.25) is 9.78 Å². The zero-order valence-corrected chi connectivity index (χ0v) is 26.1. The number of aromatic nitrogens is 1. The van der Waals surface area contributed by atoms with Crippen LogP contribution in [0.25, 0.3) is 0 Å². The van der Waals surface area contributed by atoms with Crippen molar-refractivity contribution in [3.63, 3.8) is 0 Å². The van der Waals surface area contributed by atoms with Crippen molar-refractivity contribution >= 4 is 11.9 Å². The number of amides is 1. The minimum atomic E-state index is -0.994. The maximum absolute atomic E-state index is 15.3. The van der Waals surface area contributed by atoms with Gasteiger partial charge in [-0.05, 0) is 59.4 Å². The van der Waals surface area contributed by atoms with Crippen molar-refractivity contribution in [3.05, 3.63) is 131 Å². The van der Waals surface area contributed by atoms with Gasteiger partial charge >= 0.3 is 6.09 Å². The van der Waals surface area contributed by atoms with Crippen molar-refractivity contribution in [1.82, 2.24) is 15.6 Å².